The molecule has 2 N–H and O–H groups in total. The fraction of sp³-hybridized carbons (Fsp3) is 0.167. The Morgan fingerprint density at radius 2 is 1.80 bits per heavy atom. The van der Waals surface area contributed by atoms with Gasteiger partial charge in [-0.15, -0.1) is 0 Å². The van der Waals surface area contributed by atoms with E-state index in [2.05, 4.69) is 10.9 Å². The maximum atomic E-state index is 5.16. The summed E-state index contributed by atoms with van der Waals surface area (Å²) in [5.41, 5.74) is 1.06. The Labute approximate surface area is 88.4 Å². The van der Waals surface area contributed by atoms with Crippen molar-refractivity contribution in [1.29, 1.82) is 0 Å². The molecule has 2 aromatic rings. The van der Waals surface area contributed by atoms with E-state index in [1.807, 2.05) is 30.3 Å². The lowest BCUT2D eigenvalue weighted by atomic mass is 10.1. The molecule has 3 nitrogen and oxygen atoms in total. The van der Waals surface area contributed by atoms with Gasteiger partial charge in [-0.3, -0.25) is 4.84 Å². The third-order valence-electron chi connectivity index (χ3n) is 2.36. The van der Waals surface area contributed by atoms with E-state index in [0.717, 1.165) is 22.1 Å². The number of ether oxygens (including phenoxy) is 1. The number of nitrogens with two attached hydrogens (primary N) is 1. The molecule has 2 aromatic carbocycles. The molecule has 2 rings (SSSR count). The molecule has 0 aromatic heterocycles. The SMILES string of the molecule is COc1ccc2cc(CON)ccc2c1. The second-order valence-electron chi connectivity index (χ2n) is 3.36. The van der Waals surface area contributed by atoms with Gasteiger partial charge in [-0.2, -0.15) is 0 Å². The Balaban J connectivity index is 2.45. The van der Waals surface area contributed by atoms with Crippen LogP contribution in [0.25, 0.3) is 10.8 Å². The lowest BCUT2D eigenvalue weighted by Crippen LogP contribution is -1.98. The molecule has 0 saturated heterocycles. The molecule has 3 heteroatoms. The monoisotopic (exact) mass is 203 g/mol. The lowest BCUT2D eigenvalue weighted by Gasteiger charge is -2.04. The van der Waals surface area contributed by atoms with Crippen molar-refractivity contribution in [3.63, 3.8) is 0 Å². The Bertz CT molecular complexity index is 468. The second-order valence-corrected chi connectivity index (χ2v) is 3.36. The third-order valence-corrected chi connectivity index (χ3v) is 2.36. The normalized spacial score (nSPS) is 10.5. The van der Waals surface area contributed by atoms with E-state index in [-0.39, 0.29) is 0 Å². The van der Waals surface area contributed by atoms with Gasteiger partial charge in [-0.1, -0.05) is 18.2 Å². The van der Waals surface area contributed by atoms with Crippen molar-refractivity contribution < 1.29 is 9.57 Å². The van der Waals surface area contributed by atoms with Crippen molar-refractivity contribution in [2.75, 3.05) is 7.11 Å². The molecule has 0 aliphatic heterocycles. The smallest absolute Gasteiger partial charge is 0.119 e. The van der Waals surface area contributed by atoms with E-state index in [4.69, 9.17) is 10.6 Å². The first-order chi connectivity index (χ1) is 7.33. The van der Waals surface area contributed by atoms with Crippen LogP contribution in [0.3, 0.4) is 0 Å². The van der Waals surface area contributed by atoms with Crippen molar-refractivity contribution in [2.45, 2.75) is 6.61 Å². The van der Waals surface area contributed by atoms with Gasteiger partial charge < -0.3 is 4.74 Å². The predicted molar refractivity (Wildman–Crippen MR) is 59.5 cm³/mol. The fourth-order valence-electron chi connectivity index (χ4n) is 1.59. The van der Waals surface area contributed by atoms with Crippen molar-refractivity contribution in [2.24, 2.45) is 5.90 Å². The van der Waals surface area contributed by atoms with Gasteiger partial charge in [0.05, 0.1) is 13.7 Å². The van der Waals surface area contributed by atoms with E-state index < -0.39 is 0 Å². The van der Waals surface area contributed by atoms with Crippen LogP contribution < -0.4 is 10.6 Å². The van der Waals surface area contributed by atoms with E-state index in [9.17, 15) is 0 Å². The van der Waals surface area contributed by atoms with E-state index in [1.54, 1.807) is 7.11 Å². The van der Waals surface area contributed by atoms with Gasteiger partial charge >= 0.3 is 0 Å². The number of hydrogen-bond acceptors (Lipinski definition) is 3. The molecule has 15 heavy (non-hydrogen) atoms. The summed E-state index contributed by atoms with van der Waals surface area (Å²) in [6, 6.07) is 12.1. The summed E-state index contributed by atoms with van der Waals surface area (Å²) in [5.74, 6) is 5.90. The number of fused-ring (bicyclic) bond motifs is 1. The van der Waals surface area contributed by atoms with Crippen LogP contribution in [0.5, 0.6) is 5.75 Å². The highest BCUT2D eigenvalue weighted by molar-refractivity contribution is 5.84. The van der Waals surface area contributed by atoms with E-state index in [0.29, 0.717) is 6.61 Å². The first-order valence-corrected chi connectivity index (χ1v) is 4.72. The molecule has 0 atom stereocenters. The van der Waals surface area contributed by atoms with Gasteiger partial charge in [0, 0.05) is 0 Å². The summed E-state index contributed by atoms with van der Waals surface area (Å²) in [5, 5.41) is 2.31. The van der Waals surface area contributed by atoms with Crippen LogP contribution in [0.1, 0.15) is 5.56 Å². The average molecular weight is 203 g/mol. The third kappa shape index (κ3) is 2.09. The summed E-state index contributed by atoms with van der Waals surface area (Å²) in [6.07, 6.45) is 0. The molecule has 0 spiro atoms. The van der Waals surface area contributed by atoms with Crippen molar-refractivity contribution >= 4 is 10.8 Å². The Kier molecular flexibility index (Phi) is 2.85. The quantitative estimate of drug-likeness (QED) is 0.778. The first-order valence-electron chi connectivity index (χ1n) is 4.72. The molecule has 0 bridgehead atoms. The maximum absolute atomic E-state index is 5.16. The summed E-state index contributed by atoms with van der Waals surface area (Å²) in [6.45, 7) is 0.433. The average Bonchev–Trinajstić information content (AvgIpc) is 2.29. The van der Waals surface area contributed by atoms with Gasteiger partial charge in [0.25, 0.3) is 0 Å². The van der Waals surface area contributed by atoms with Gasteiger partial charge in [0.15, 0.2) is 0 Å². The summed E-state index contributed by atoms with van der Waals surface area (Å²) < 4.78 is 5.16. The number of hydrogen-bond donors (Lipinski definition) is 1. The zero-order chi connectivity index (χ0) is 10.7. The zero-order valence-electron chi connectivity index (χ0n) is 8.57. The zero-order valence-corrected chi connectivity index (χ0v) is 8.57. The topological polar surface area (TPSA) is 44.5 Å². The van der Waals surface area contributed by atoms with Gasteiger partial charge in [0.1, 0.15) is 5.75 Å². The Hall–Kier alpha value is -1.58. The highest BCUT2D eigenvalue weighted by atomic mass is 16.6. The van der Waals surface area contributed by atoms with Crippen molar-refractivity contribution in [3.8, 4) is 5.75 Å². The Morgan fingerprint density at radius 3 is 2.53 bits per heavy atom. The van der Waals surface area contributed by atoms with Crippen LogP contribution in [-0.2, 0) is 11.4 Å². The first kappa shape index (κ1) is 9.96. The molecule has 0 fully saturated rings. The molecule has 0 aliphatic rings. The minimum Gasteiger partial charge on any atom is -0.497 e. The van der Waals surface area contributed by atoms with E-state index in [1.165, 1.54) is 0 Å². The van der Waals surface area contributed by atoms with Gasteiger partial charge in [-0.25, -0.2) is 5.90 Å². The molecule has 0 radical (unpaired) electrons. The molecule has 0 heterocycles. The Morgan fingerprint density at radius 1 is 1.07 bits per heavy atom. The maximum Gasteiger partial charge on any atom is 0.119 e. The highest BCUT2D eigenvalue weighted by Gasteiger charge is 1.98. The minimum absolute atomic E-state index is 0.433. The standard InChI is InChI=1S/C12H13NO2/c1-14-12-5-4-10-6-9(8-15-13)2-3-11(10)7-12/h2-7H,8,13H2,1H3. The number of rotatable bonds is 3. The molecule has 0 amide bonds. The van der Waals surface area contributed by atoms with Gasteiger partial charge in [0.2, 0.25) is 0 Å². The molecule has 0 saturated carbocycles. The fourth-order valence-corrected chi connectivity index (χ4v) is 1.59. The molecular weight excluding hydrogens is 190 g/mol. The van der Waals surface area contributed by atoms with Crippen LogP contribution in [0.4, 0.5) is 0 Å². The van der Waals surface area contributed by atoms with Crippen LogP contribution in [0.15, 0.2) is 36.4 Å². The summed E-state index contributed by atoms with van der Waals surface area (Å²) >= 11 is 0. The van der Waals surface area contributed by atoms with Crippen LogP contribution in [-0.4, -0.2) is 7.11 Å². The largest absolute Gasteiger partial charge is 0.497 e. The van der Waals surface area contributed by atoms with E-state index >= 15 is 0 Å². The molecular formula is C12H13NO2. The van der Waals surface area contributed by atoms with Crippen LogP contribution in [0, 0.1) is 0 Å². The van der Waals surface area contributed by atoms with Gasteiger partial charge in [-0.05, 0) is 34.5 Å². The highest BCUT2D eigenvalue weighted by Crippen LogP contribution is 2.21. The minimum atomic E-state index is 0.433. The second kappa shape index (κ2) is 4.29. The lowest BCUT2D eigenvalue weighted by molar-refractivity contribution is 0.124. The van der Waals surface area contributed by atoms with Crippen LogP contribution >= 0.6 is 0 Å². The molecule has 78 valence electrons. The number of methoxy groups -OCH3 is 1. The number of benzene rings is 2. The molecule has 0 unspecified atom stereocenters. The van der Waals surface area contributed by atoms with Crippen molar-refractivity contribution in [1.82, 2.24) is 0 Å². The summed E-state index contributed by atoms with van der Waals surface area (Å²) in [4.78, 5) is 4.60. The molecule has 0 aliphatic carbocycles. The predicted octanol–water partition coefficient (Wildman–Crippen LogP) is 2.24. The summed E-state index contributed by atoms with van der Waals surface area (Å²) in [7, 11) is 1.66. The van der Waals surface area contributed by atoms with Crippen molar-refractivity contribution in [3.05, 3.63) is 42.0 Å². The van der Waals surface area contributed by atoms with Crippen LogP contribution in [0.2, 0.25) is 0 Å².